The van der Waals surface area contributed by atoms with Gasteiger partial charge in [-0.3, -0.25) is 14.3 Å². The van der Waals surface area contributed by atoms with Crippen LogP contribution in [0.15, 0.2) is 12.3 Å². The summed E-state index contributed by atoms with van der Waals surface area (Å²) in [5, 5.41) is 18.3. The molecule has 1 aromatic heterocycles. The van der Waals surface area contributed by atoms with E-state index in [1.54, 1.807) is 0 Å². The van der Waals surface area contributed by atoms with Gasteiger partial charge in [-0.25, -0.2) is 9.36 Å². The number of carbonyl (C=O) groups excluding carboxylic acids is 1. The minimum absolute atomic E-state index is 0.00875. The van der Waals surface area contributed by atoms with Crippen molar-refractivity contribution in [2.45, 2.75) is 13.5 Å². The Morgan fingerprint density at radius 1 is 1.43 bits per heavy atom. The van der Waals surface area contributed by atoms with Gasteiger partial charge in [0.1, 0.15) is 5.75 Å². The van der Waals surface area contributed by atoms with Crippen LogP contribution in [-0.4, -0.2) is 36.7 Å². The van der Waals surface area contributed by atoms with Crippen LogP contribution in [0, 0.1) is 6.92 Å². The average Bonchev–Trinajstić information content (AvgIpc) is 2.37. The fourth-order valence-corrected chi connectivity index (χ4v) is 1.64. The van der Waals surface area contributed by atoms with Crippen LogP contribution in [0.4, 0.5) is 0 Å². The molecule has 1 heterocycles. The summed E-state index contributed by atoms with van der Waals surface area (Å²) in [6.45, 7) is 0.880. The van der Waals surface area contributed by atoms with Crippen LogP contribution in [-0.2, 0) is 25.3 Å². The Morgan fingerprint density at radius 3 is 2.57 bits per heavy atom. The summed E-state index contributed by atoms with van der Waals surface area (Å²) in [6.07, 6.45) is 2.91. The van der Waals surface area contributed by atoms with E-state index in [9.17, 15) is 19.3 Å². The van der Waals surface area contributed by atoms with Crippen molar-refractivity contribution in [2.24, 2.45) is 0 Å². The number of hydrogen-bond acceptors (Lipinski definition) is 6. The number of aromatic hydroxyl groups is 1. The lowest BCUT2D eigenvalue weighted by atomic mass is 10.1. The predicted octanol–water partition coefficient (Wildman–Crippen LogP) is 0.372. The molecule has 0 unspecified atom stereocenters. The molecule has 0 fully saturated rings. The largest absolute Gasteiger partial charge is 0.505 e. The summed E-state index contributed by atoms with van der Waals surface area (Å²) in [6, 6.07) is 0. The van der Waals surface area contributed by atoms with Gasteiger partial charge < -0.3 is 20.0 Å². The summed E-state index contributed by atoms with van der Waals surface area (Å²) in [5.74, 6) is -3.24. The molecule has 0 aliphatic carbocycles. The standard InChI is InChI=1S/C11H12NO8P/c1-6-10(14)8(2-3-9(13)11(15)16)7(4-12-6)5-20-21(17,18)19/h2-4,14H,5H2,1H3,(H,15,16)(H2,17,18,19)/b3-2+. The number of nitrogens with zero attached hydrogens (tertiary/aromatic N) is 1. The van der Waals surface area contributed by atoms with Gasteiger partial charge in [-0.2, -0.15) is 0 Å². The van der Waals surface area contributed by atoms with Crippen molar-refractivity contribution in [1.29, 1.82) is 0 Å². The summed E-state index contributed by atoms with van der Waals surface area (Å²) in [7, 11) is -4.73. The van der Waals surface area contributed by atoms with Crippen LogP contribution in [0.1, 0.15) is 16.8 Å². The van der Waals surface area contributed by atoms with Crippen molar-refractivity contribution in [3.8, 4) is 5.75 Å². The number of phosphoric ester groups is 1. The normalized spacial score (nSPS) is 11.8. The number of carboxylic acid groups (broad SMARTS) is 1. The number of carbonyl (C=O) groups is 2. The van der Waals surface area contributed by atoms with E-state index in [1.807, 2.05) is 0 Å². The Kier molecular flexibility index (Phi) is 5.34. The monoisotopic (exact) mass is 317 g/mol. The van der Waals surface area contributed by atoms with Gasteiger partial charge >= 0.3 is 13.8 Å². The van der Waals surface area contributed by atoms with Gasteiger partial charge in [0.05, 0.1) is 12.3 Å². The Balaban J connectivity index is 3.15. The van der Waals surface area contributed by atoms with Gasteiger partial charge in [0, 0.05) is 17.3 Å². The van der Waals surface area contributed by atoms with E-state index in [2.05, 4.69) is 9.51 Å². The van der Waals surface area contributed by atoms with Crippen LogP contribution >= 0.6 is 7.82 Å². The molecule has 0 bridgehead atoms. The number of phosphoric acid groups is 1. The smallest absolute Gasteiger partial charge is 0.469 e. The molecule has 0 aliphatic heterocycles. The minimum Gasteiger partial charge on any atom is -0.505 e. The SMILES string of the molecule is Cc1ncc(COP(=O)(O)O)c(/C=C/C(=O)C(=O)O)c1O. The molecule has 0 saturated heterocycles. The minimum atomic E-state index is -4.73. The molecule has 0 spiro atoms. The van der Waals surface area contributed by atoms with Crippen LogP contribution < -0.4 is 0 Å². The summed E-state index contributed by atoms with van der Waals surface area (Å²) in [4.78, 5) is 42.5. The van der Waals surface area contributed by atoms with Crippen molar-refractivity contribution in [3.05, 3.63) is 29.1 Å². The first kappa shape index (κ1) is 17.0. The van der Waals surface area contributed by atoms with Gasteiger partial charge in [0.15, 0.2) is 0 Å². The van der Waals surface area contributed by atoms with Gasteiger partial charge in [0.25, 0.3) is 5.78 Å². The van der Waals surface area contributed by atoms with E-state index < -0.39 is 26.2 Å². The highest BCUT2D eigenvalue weighted by Crippen LogP contribution is 2.38. The summed E-state index contributed by atoms with van der Waals surface area (Å²) in [5.41, 5.74) is 0.263. The number of aliphatic carboxylic acids is 1. The summed E-state index contributed by atoms with van der Waals surface area (Å²) < 4.78 is 14.9. The maximum atomic E-state index is 11.0. The van der Waals surface area contributed by atoms with E-state index in [4.69, 9.17) is 14.9 Å². The molecule has 10 heteroatoms. The molecule has 0 radical (unpaired) electrons. The molecule has 9 nitrogen and oxygen atoms in total. The molecular formula is C11H12NO8P. The zero-order valence-electron chi connectivity index (χ0n) is 10.8. The van der Waals surface area contributed by atoms with E-state index in [-0.39, 0.29) is 22.6 Å². The topological polar surface area (TPSA) is 154 Å². The quantitative estimate of drug-likeness (QED) is 0.331. The highest BCUT2D eigenvalue weighted by molar-refractivity contribution is 7.46. The molecule has 0 aromatic carbocycles. The number of aromatic nitrogens is 1. The van der Waals surface area contributed by atoms with E-state index in [1.165, 1.54) is 13.1 Å². The number of pyridine rings is 1. The fraction of sp³-hybridized carbons (Fsp3) is 0.182. The fourth-order valence-electron chi connectivity index (χ4n) is 1.34. The van der Waals surface area contributed by atoms with Crippen molar-refractivity contribution in [1.82, 2.24) is 4.98 Å². The van der Waals surface area contributed by atoms with Crippen LogP contribution in [0.5, 0.6) is 5.75 Å². The lowest BCUT2D eigenvalue weighted by molar-refractivity contribution is -0.146. The third kappa shape index (κ3) is 5.09. The second kappa shape index (κ2) is 6.59. The first-order chi connectivity index (χ1) is 9.61. The molecule has 1 aromatic rings. The molecule has 0 atom stereocenters. The van der Waals surface area contributed by atoms with E-state index >= 15 is 0 Å². The van der Waals surface area contributed by atoms with Crippen LogP contribution in [0.3, 0.4) is 0 Å². The molecular weight excluding hydrogens is 305 g/mol. The van der Waals surface area contributed by atoms with Crippen molar-refractivity contribution in [3.63, 3.8) is 0 Å². The molecule has 4 N–H and O–H groups in total. The molecule has 0 aliphatic rings. The van der Waals surface area contributed by atoms with Crippen molar-refractivity contribution < 1.29 is 38.7 Å². The molecule has 0 amide bonds. The van der Waals surface area contributed by atoms with E-state index in [0.29, 0.717) is 6.08 Å². The van der Waals surface area contributed by atoms with Crippen LogP contribution in [0.2, 0.25) is 0 Å². The number of hydrogen-bond donors (Lipinski definition) is 4. The first-order valence-electron chi connectivity index (χ1n) is 5.44. The second-order valence-corrected chi connectivity index (χ2v) is 5.14. The van der Waals surface area contributed by atoms with Crippen molar-refractivity contribution >= 4 is 25.7 Å². The Hall–Kier alpha value is -2.06. The zero-order chi connectivity index (χ0) is 16.2. The average molecular weight is 317 g/mol. The third-order valence-electron chi connectivity index (χ3n) is 2.36. The van der Waals surface area contributed by atoms with Gasteiger partial charge in [-0.15, -0.1) is 0 Å². The predicted molar refractivity (Wildman–Crippen MR) is 69.1 cm³/mol. The maximum Gasteiger partial charge on any atom is 0.469 e. The van der Waals surface area contributed by atoms with Crippen molar-refractivity contribution in [2.75, 3.05) is 0 Å². The number of aryl methyl sites for hydroxylation is 1. The second-order valence-electron chi connectivity index (χ2n) is 3.90. The van der Waals surface area contributed by atoms with Gasteiger partial charge in [-0.05, 0) is 19.1 Å². The Morgan fingerprint density at radius 2 is 2.05 bits per heavy atom. The first-order valence-corrected chi connectivity index (χ1v) is 6.97. The van der Waals surface area contributed by atoms with Gasteiger partial charge in [-0.1, -0.05) is 0 Å². The van der Waals surface area contributed by atoms with Crippen LogP contribution in [0.25, 0.3) is 6.08 Å². The number of carboxylic acids is 1. The van der Waals surface area contributed by atoms with E-state index in [0.717, 1.165) is 6.08 Å². The molecule has 1 rings (SSSR count). The highest BCUT2D eigenvalue weighted by atomic mass is 31.2. The lowest BCUT2D eigenvalue weighted by Gasteiger charge is -2.10. The molecule has 0 saturated carbocycles. The maximum absolute atomic E-state index is 11.0. The lowest BCUT2D eigenvalue weighted by Crippen LogP contribution is -2.08. The Bertz CT molecular complexity index is 648. The number of rotatable bonds is 6. The Labute approximate surface area is 118 Å². The van der Waals surface area contributed by atoms with Gasteiger partial charge in [0.2, 0.25) is 0 Å². The highest BCUT2D eigenvalue weighted by Gasteiger charge is 2.17. The summed E-state index contributed by atoms with van der Waals surface area (Å²) >= 11 is 0. The third-order valence-corrected chi connectivity index (χ3v) is 2.82. The zero-order valence-corrected chi connectivity index (χ0v) is 11.6. The molecule has 114 valence electrons. The number of ketones is 1. The molecule has 21 heavy (non-hydrogen) atoms.